The van der Waals surface area contributed by atoms with Crippen molar-refractivity contribution < 1.29 is 4.79 Å². The summed E-state index contributed by atoms with van der Waals surface area (Å²) in [6.45, 7) is 9.78. The Bertz CT molecular complexity index is 887. The Labute approximate surface area is 180 Å². The lowest BCUT2D eigenvalue weighted by Gasteiger charge is -2.38. The van der Waals surface area contributed by atoms with E-state index >= 15 is 0 Å². The van der Waals surface area contributed by atoms with Crippen molar-refractivity contribution in [1.82, 2.24) is 14.8 Å². The Morgan fingerprint density at radius 1 is 1.13 bits per heavy atom. The van der Waals surface area contributed by atoms with Crippen LogP contribution in [0.5, 0.6) is 0 Å². The first kappa shape index (κ1) is 20.9. The van der Waals surface area contributed by atoms with Gasteiger partial charge in [0.05, 0.1) is 11.4 Å². The number of hydrogen-bond donors (Lipinski definition) is 0. The third-order valence-electron chi connectivity index (χ3n) is 6.68. The molecular weight excluding hydrogens is 372 g/mol. The number of hydrogen-bond acceptors (Lipinski definition) is 3. The molecule has 160 valence electrons. The van der Waals surface area contributed by atoms with E-state index in [2.05, 4.69) is 62.2 Å². The summed E-state index contributed by atoms with van der Waals surface area (Å²) in [5.41, 5.74) is 4.32. The van der Waals surface area contributed by atoms with Gasteiger partial charge in [-0.05, 0) is 50.9 Å². The van der Waals surface area contributed by atoms with Gasteiger partial charge in [-0.1, -0.05) is 44.2 Å². The fourth-order valence-corrected chi connectivity index (χ4v) is 4.79. The highest BCUT2D eigenvalue weighted by atomic mass is 16.2. The molecule has 0 N–H and O–H groups in total. The number of carbonyl (C=O) groups is 1. The number of piperidine rings is 1. The lowest BCUT2D eigenvalue weighted by atomic mass is 9.91. The summed E-state index contributed by atoms with van der Waals surface area (Å²) in [4.78, 5) is 24.5. The van der Waals surface area contributed by atoms with E-state index in [-0.39, 0.29) is 11.4 Å². The third-order valence-corrected chi connectivity index (χ3v) is 6.68. The van der Waals surface area contributed by atoms with E-state index < -0.39 is 0 Å². The number of likely N-dealkylation sites (tertiary alicyclic amines) is 1. The van der Waals surface area contributed by atoms with Gasteiger partial charge in [-0.15, -0.1) is 0 Å². The number of amides is 2. The van der Waals surface area contributed by atoms with Crippen LogP contribution < -0.4 is 4.90 Å². The maximum Gasteiger partial charge on any atom is 0.324 e. The predicted octanol–water partition coefficient (Wildman–Crippen LogP) is 4.25. The van der Waals surface area contributed by atoms with Crippen LogP contribution in [0.4, 0.5) is 10.5 Å². The van der Waals surface area contributed by atoms with Crippen molar-refractivity contribution in [3.8, 4) is 0 Å². The van der Waals surface area contributed by atoms with E-state index in [9.17, 15) is 4.79 Å². The second kappa shape index (κ2) is 8.38. The second-order valence-electron chi connectivity index (χ2n) is 9.51. The first-order valence-corrected chi connectivity index (χ1v) is 11.1. The summed E-state index contributed by atoms with van der Waals surface area (Å²) in [5, 5.41) is 0. The van der Waals surface area contributed by atoms with Crippen molar-refractivity contribution >= 4 is 11.7 Å². The topological polar surface area (TPSA) is 39.7 Å². The minimum absolute atomic E-state index is 0.104. The zero-order valence-electron chi connectivity index (χ0n) is 18.8. The number of carbonyl (C=O) groups excluding carboxylic acids is 1. The van der Waals surface area contributed by atoms with Crippen LogP contribution in [0.3, 0.4) is 0 Å². The standard InChI is InChI=1S/C25H34N4O/c1-19-10-11-22-23(26-19)25(2,3)18-29(22)24(30)28-16-13-21(14-17-28)27(4)15-12-20-8-6-5-7-9-20/h5-11,21H,12-18H2,1-4H3. The molecule has 0 bridgehead atoms. The number of nitrogens with zero attached hydrogens (tertiary/aromatic N) is 4. The summed E-state index contributed by atoms with van der Waals surface area (Å²) in [6, 6.07) is 15.4. The zero-order chi connectivity index (χ0) is 21.3. The fourth-order valence-electron chi connectivity index (χ4n) is 4.79. The molecule has 4 rings (SSSR count). The van der Waals surface area contributed by atoms with Crippen molar-refractivity contribution in [2.45, 2.75) is 51.5 Å². The third kappa shape index (κ3) is 4.22. The van der Waals surface area contributed by atoms with Crippen LogP contribution in [-0.4, -0.2) is 60.1 Å². The highest BCUT2D eigenvalue weighted by Crippen LogP contribution is 2.39. The summed E-state index contributed by atoms with van der Waals surface area (Å²) < 4.78 is 0. The largest absolute Gasteiger partial charge is 0.324 e. The second-order valence-corrected chi connectivity index (χ2v) is 9.51. The summed E-state index contributed by atoms with van der Waals surface area (Å²) in [5.74, 6) is 0. The molecule has 2 aromatic rings. The van der Waals surface area contributed by atoms with E-state index in [0.29, 0.717) is 12.6 Å². The fraction of sp³-hybridized carbons (Fsp3) is 0.520. The van der Waals surface area contributed by atoms with Gasteiger partial charge in [0, 0.05) is 43.3 Å². The molecule has 5 heteroatoms. The average molecular weight is 407 g/mol. The van der Waals surface area contributed by atoms with Gasteiger partial charge >= 0.3 is 6.03 Å². The molecule has 0 atom stereocenters. The highest BCUT2D eigenvalue weighted by Gasteiger charge is 2.41. The average Bonchev–Trinajstić information content (AvgIpc) is 3.02. The van der Waals surface area contributed by atoms with Crippen LogP contribution in [0.1, 0.15) is 43.6 Å². The monoisotopic (exact) mass is 406 g/mol. The molecule has 2 aliphatic heterocycles. The molecule has 5 nitrogen and oxygen atoms in total. The van der Waals surface area contributed by atoms with Crippen LogP contribution in [0.2, 0.25) is 0 Å². The van der Waals surface area contributed by atoms with Crippen LogP contribution >= 0.6 is 0 Å². The maximum atomic E-state index is 13.3. The molecule has 0 aliphatic carbocycles. The maximum absolute atomic E-state index is 13.3. The van der Waals surface area contributed by atoms with Gasteiger partial charge in [0.1, 0.15) is 0 Å². The van der Waals surface area contributed by atoms with Crippen molar-refractivity contribution in [2.75, 3.05) is 38.1 Å². The molecular formula is C25H34N4O. The Hall–Kier alpha value is -2.40. The number of aryl methyl sites for hydroxylation is 1. The van der Waals surface area contributed by atoms with Crippen molar-refractivity contribution in [3.05, 3.63) is 59.4 Å². The molecule has 1 fully saturated rings. The van der Waals surface area contributed by atoms with Crippen LogP contribution in [0.25, 0.3) is 0 Å². The van der Waals surface area contributed by atoms with Crippen molar-refractivity contribution in [3.63, 3.8) is 0 Å². The number of benzene rings is 1. The number of anilines is 1. The van der Waals surface area contributed by atoms with Gasteiger partial charge in [-0.25, -0.2) is 4.79 Å². The molecule has 1 saturated heterocycles. The Kier molecular flexibility index (Phi) is 5.83. The van der Waals surface area contributed by atoms with Gasteiger partial charge in [0.25, 0.3) is 0 Å². The Morgan fingerprint density at radius 3 is 2.53 bits per heavy atom. The summed E-state index contributed by atoms with van der Waals surface area (Å²) >= 11 is 0. The molecule has 0 spiro atoms. The molecule has 3 heterocycles. The van der Waals surface area contributed by atoms with Gasteiger partial charge in [0.2, 0.25) is 0 Å². The molecule has 2 amide bonds. The van der Waals surface area contributed by atoms with Gasteiger partial charge in [-0.3, -0.25) is 9.88 Å². The van der Waals surface area contributed by atoms with Crippen LogP contribution in [-0.2, 0) is 11.8 Å². The SMILES string of the molecule is Cc1ccc2c(n1)C(C)(C)CN2C(=O)N1CCC(N(C)CCc2ccccc2)CC1. The Morgan fingerprint density at radius 2 is 1.83 bits per heavy atom. The van der Waals surface area contributed by atoms with Gasteiger partial charge < -0.3 is 9.80 Å². The van der Waals surface area contributed by atoms with E-state index in [1.165, 1.54) is 5.56 Å². The molecule has 1 aromatic heterocycles. The number of fused-ring (bicyclic) bond motifs is 1. The molecule has 0 saturated carbocycles. The van der Waals surface area contributed by atoms with E-state index in [1.54, 1.807) is 0 Å². The molecule has 1 aromatic carbocycles. The quantitative estimate of drug-likeness (QED) is 0.762. The predicted molar refractivity (Wildman–Crippen MR) is 122 cm³/mol. The molecule has 0 radical (unpaired) electrons. The van der Waals surface area contributed by atoms with E-state index in [4.69, 9.17) is 4.98 Å². The summed E-state index contributed by atoms with van der Waals surface area (Å²) in [7, 11) is 2.22. The minimum Gasteiger partial charge on any atom is -0.324 e. The van der Waals surface area contributed by atoms with Gasteiger partial charge in [0.15, 0.2) is 0 Å². The van der Waals surface area contributed by atoms with Crippen LogP contribution in [0.15, 0.2) is 42.5 Å². The minimum atomic E-state index is -0.104. The first-order valence-electron chi connectivity index (χ1n) is 11.1. The lowest BCUT2D eigenvalue weighted by Crippen LogP contribution is -2.50. The normalized spacial score (nSPS) is 18.7. The first-order chi connectivity index (χ1) is 14.3. The van der Waals surface area contributed by atoms with Crippen molar-refractivity contribution in [1.29, 1.82) is 0 Å². The summed E-state index contributed by atoms with van der Waals surface area (Å²) in [6.07, 6.45) is 3.14. The smallest absolute Gasteiger partial charge is 0.324 e. The lowest BCUT2D eigenvalue weighted by molar-refractivity contribution is 0.138. The highest BCUT2D eigenvalue weighted by molar-refractivity contribution is 5.94. The number of likely N-dealkylation sites (N-methyl/N-ethyl adjacent to an activating group) is 1. The van der Waals surface area contributed by atoms with E-state index in [1.807, 2.05) is 22.8 Å². The molecule has 30 heavy (non-hydrogen) atoms. The molecule has 2 aliphatic rings. The number of rotatable bonds is 4. The molecule has 0 unspecified atom stereocenters. The van der Waals surface area contributed by atoms with Gasteiger partial charge in [-0.2, -0.15) is 0 Å². The number of aromatic nitrogens is 1. The zero-order valence-corrected chi connectivity index (χ0v) is 18.8. The van der Waals surface area contributed by atoms with Crippen LogP contribution in [0, 0.1) is 6.92 Å². The number of urea groups is 1. The van der Waals surface area contributed by atoms with E-state index in [0.717, 1.165) is 56.0 Å². The Balaban J connectivity index is 1.34. The number of pyridine rings is 1. The van der Waals surface area contributed by atoms with Crippen molar-refractivity contribution in [2.24, 2.45) is 0 Å².